The van der Waals surface area contributed by atoms with E-state index in [1.165, 1.54) is 17.7 Å². The summed E-state index contributed by atoms with van der Waals surface area (Å²) in [7, 11) is 0. The molecule has 1 unspecified atom stereocenters. The first-order valence-corrected chi connectivity index (χ1v) is 15.7. The highest BCUT2D eigenvalue weighted by Crippen LogP contribution is 2.41. The molecular weight excluding hydrogens is 560 g/mol. The summed E-state index contributed by atoms with van der Waals surface area (Å²) < 4.78 is 5.59. The zero-order valence-corrected chi connectivity index (χ0v) is 25.8. The van der Waals surface area contributed by atoms with Gasteiger partial charge in [0.2, 0.25) is 0 Å². The van der Waals surface area contributed by atoms with E-state index in [2.05, 4.69) is 54.9 Å². The first-order valence-electron chi connectivity index (χ1n) is 15.7. The zero-order valence-electron chi connectivity index (χ0n) is 25.8. The molecule has 2 fully saturated rings. The molecule has 2 aliphatic rings. The minimum Gasteiger partial charge on any atom is -0.480 e. The second kappa shape index (κ2) is 15.8. The van der Waals surface area contributed by atoms with Crippen LogP contribution in [0.3, 0.4) is 0 Å². The molecule has 0 spiro atoms. The molecule has 10 nitrogen and oxygen atoms in total. The van der Waals surface area contributed by atoms with Gasteiger partial charge in [0, 0.05) is 50.4 Å². The number of piperidine rings is 1. The van der Waals surface area contributed by atoms with Crippen molar-refractivity contribution in [3.63, 3.8) is 0 Å². The van der Waals surface area contributed by atoms with Crippen LogP contribution in [0, 0.1) is 22.0 Å². The predicted molar refractivity (Wildman–Crippen MR) is 169 cm³/mol. The number of rotatable bonds is 14. The number of carbonyl (C=O) groups is 2. The molecule has 1 heterocycles. The standard InChI is InChI=1S/C34H46N4O6/c1-4-16-37(34(41)44-23-25-10-12-30(13-11-25)38(42)43)29-14-17-36(18-15-29)22-27-20-28(35-32(33(39)40)19-24(2)3)21-31(27)26-8-6-5-7-9-26/h4-13,24,27-29,31-32,35H,1,14-23H2,2-3H3,(H,39,40)/t27-,28?,31-,32-/m0/s1. The van der Waals surface area contributed by atoms with Gasteiger partial charge in [0.25, 0.3) is 5.69 Å². The fraction of sp³-hybridized carbons (Fsp3) is 0.529. The number of amides is 1. The Bertz CT molecular complexity index is 1250. The number of carboxylic acids is 1. The van der Waals surface area contributed by atoms with Crippen molar-refractivity contribution in [1.82, 2.24) is 15.1 Å². The van der Waals surface area contributed by atoms with E-state index in [1.807, 2.05) is 6.07 Å². The number of carbonyl (C=O) groups excluding carboxylic acids is 1. The normalized spacial score (nSPS) is 21.6. The number of nitrogens with one attached hydrogen (secondary N) is 1. The van der Waals surface area contributed by atoms with E-state index < -0.39 is 23.0 Å². The Balaban J connectivity index is 1.34. The van der Waals surface area contributed by atoms with Gasteiger partial charge in [-0.2, -0.15) is 0 Å². The molecule has 4 rings (SSSR count). The lowest BCUT2D eigenvalue weighted by molar-refractivity contribution is -0.384. The smallest absolute Gasteiger partial charge is 0.410 e. The molecule has 10 heteroatoms. The zero-order chi connectivity index (χ0) is 31.6. The molecule has 2 aromatic rings. The van der Waals surface area contributed by atoms with Crippen LogP contribution in [0.25, 0.3) is 0 Å². The minimum absolute atomic E-state index is 0.00446. The van der Waals surface area contributed by atoms with Crippen LogP contribution >= 0.6 is 0 Å². The Morgan fingerprint density at radius 1 is 1.14 bits per heavy atom. The van der Waals surface area contributed by atoms with Crippen molar-refractivity contribution in [2.75, 3.05) is 26.2 Å². The first kappa shape index (κ1) is 33.1. The molecule has 44 heavy (non-hydrogen) atoms. The quantitative estimate of drug-likeness (QED) is 0.156. The first-order chi connectivity index (χ1) is 21.1. The summed E-state index contributed by atoms with van der Waals surface area (Å²) in [4.78, 5) is 39.7. The third-order valence-electron chi connectivity index (χ3n) is 8.92. The highest BCUT2D eigenvalue weighted by Gasteiger charge is 2.39. The van der Waals surface area contributed by atoms with Crippen molar-refractivity contribution < 1.29 is 24.4 Å². The van der Waals surface area contributed by atoms with E-state index >= 15 is 0 Å². The van der Waals surface area contributed by atoms with Gasteiger partial charge in [-0.1, -0.05) is 50.3 Å². The summed E-state index contributed by atoms with van der Waals surface area (Å²) in [6.45, 7) is 11.0. The fourth-order valence-corrected chi connectivity index (χ4v) is 6.77. The summed E-state index contributed by atoms with van der Waals surface area (Å²) in [5.41, 5.74) is 1.99. The predicted octanol–water partition coefficient (Wildman–Crippen LogP) is 5.84. The topological polar surface area (TPSA) is 125 Å². The highest BCUT2D eigenvalue weighted by atomic mass is 16.6. The maximum absolute atomic E-state index is 13.1. The molecule has 1 amide bonds. The van der Waals surface area contributed by atoms with Crippen molar-refractivity contribution in [2.24, 2.45) is 11.8 Å². The van der Waals surface area contributed by atoms with Crippen LogP contribution in [-0.4, -0.2) is 76.2 Å². The second-order valence-electron chi connectivity index (χ2n) is 12.6. The van der Waals surface area contributed by atoms with Gasteiger partial charge >= 0.3 is 12.1 Å². The average Bonchev–Trinajstić information content (AvgIpc) is 3.41. The van der Waals surface area contributed by atoms with Gasteiger partial charge in [-0.05, 0) is 73.1 Å². The molecule has 1 saturated heterocycles. The van der Waals surface area contributed by atoms with Crippen LogP contribution in [-0.2, 0) is 16.1 Å². The van der Waals surface area contributed by atoms with Crippen LogP contribution in [0.2, 0.25) is 0 Å². The van der Waals surface area contributed by atoms with Crippen LogP contribution in [0.5, 0.6) is 0 Å². The Morgan fingerprint density at radius 2 is 1.82 bits per heavy atom. The van der Waals surface area contributed by atoms with E-state index in [4.69, 9.17) is 4.74 Å². The number of hydrogen-bond acceptors (Lipinski definition) is 7. The summed E-state index contributed by atoms with van der Waals surface area (Å²) in [5.74, 6) is 0.269. The Hall–Kier alpha value is -3.76. The number of hydrogen-bond donors (Lipinski definition) is 2. The van der Waals surface area contributed by atoms with Crippen LogP contribution < -0.4 is 5.32 Å². The van der Waals surface area contributed by atoms with Gasteiger partial charge in [0.15, 0.2) is 0 Å². The molecule has 238 valence electrons. The summed E-state index contributed by atoms with van der Waals surface area (Å²) in [6, 6.07) is 16.2. The number of nitro benzene ring substituents is 1. The molecule has 4 atom stereocenters. The van der Waals surface area contributed by atoms with Crippen LogP contribution in [0.1, 0.15) is 63.0 Å². The van der Waals surface area contributed by atoms with Crippen molar-refractivity contribution in [3.05, 3.63) is 88.5 Å². The van der Waals surface area contributed by atoms with Gasteiger partial charge in [-0.25, -0.2) is 4.79 Å². The lowest BCUT2D eigenvalue weighted by Gasteiger charge is -2.39. The molecule has 0 radical (unpaired) electrons. The Morgan fingerprint density at radius 3 is 2.41 bits per heavy atom. The fourth-order valence-electron chi connectivity index (χ4n) is 6.77. The monoisotopic (exact) mass is 606 g/mol. The number of carboxylic acid groups (broad SMARTS) is 1. The lowest BCUT2D eigenvalue weighted by atomic mass is 9.88. The van der Waals surface area contributed by atoms with Gasteiger partial charge in [-0.15, -0.1) is 6.58 Å². The van der Waals surface area contributed by atoms with E-state index in [1.54, 1.807) is 23.1 Å². The number of non-ortho nitro benzene ring substituents is 1. The van der Waals surface area contributed by atoms with Gasteiger partial charge in [0.05, 0.1) is 4.92 Å². The Labute approximate surface area is 260 Å². The van der Waals surface area contributed by atoms with Crippen molar-refractivity contribution in [1.29, 1.82) is 0 Å². The highest BCUT2D eigenvalue weighted by molar-refractivity contribution is 5.73. The number of likely N-dealkylation sites (tertiary alicyclic amines) is 1. The molecule has 1 aliphatic heterocycles. The lowest BCUT2D eigenvalue weighted by Crippen LogP contribution is -2.48. The molecule has 2 N–H and O–H groups in total. The molecule has 0 aromatic heterocycles. The summed E-state index contributed by atoms with van der Waals surface area (Å²) in [5, 5.41) is 24.2. The third kappa shape index (κ3) is 9.12. The third-order valence-corrected chi connectivity index (χ3v) is 8.92. The molecule has 0 bridgehead atoms. The molecule has 1 saturated carbocycles. The van der Waals surface area contributed by atoms with Gasteiger partial charge in [0.1, 0.15) is 12.6 Å². The maximum Gasteiger partial charge on any atom is 0.410 e. The van der Waals surface area contributed by atoms with Gasteiger partial charge in [-0.3, -0.25) is 14.9 Å². The van der Waals surface area contributed by atoms with E-state index in [0.29, 0.717) is 36.3 Å². The second-order valence-corrected chi connectivity index (χ2v) is 12.6. The summed E-state index contributed by atoms with van der Waals surface area (Å²) >= 11 is 0. The Kier molecular flexibility index (Phi) is 11.9. The molecular formula is C34H46N4O6. The minimum atomic E-state index is -0.782. The maximum atomic E-state index is 13.1. The largest absolute Gasteiger partial charge is 0.480 e. The van der Waals surface area contributed by atoms with E-state index in [9.17, 15) is 24.8 Å². The summed E-state index contributed by atoms with van der Waals surface area (Å²) in [6.07, 6.45) is 5.39. The number of nitro groups is 1. The van der Waals surface area contributed by atoms with Crippen molar-refractivity contribution in [3.8, 4) is 0 Å². The van der Waals surface area contributed by atoms with Crippen LogP contribution in [0.4, 0.5) is 10.5 Å². The number of ether oxygens (including phenoxy) is 1. The van der Waals surface area contributed by atoms with E-state index in [-0.39, 0.29) is 24.4 Å². The average molecular weight is 607 g/mol. The van der Waals surface area contributed by atoms with Crippen LogP contribution in [0.15, 0.2) is 67.3 Å². The van der Waals surface area contributed by atoms with E-state index in [0.717, 1.165) is 45.3 Å². The van der Waals surface area contributed by atoms with Crippen molar-refractivity contribution >= 4 is 17.7 Å². The SMILES string of the molecule is C=CCN(C(=O)OCc1ccc([N+](=O)[O-])cc1)C1CCN(C[C@@H]2CC(N[C@@H](CC(C)C)C(=O)O)C[C@H]2c2ccccc2)CC1. The molecule has 2 aromatic carbocycles. The molecule has 1 aliphatic carbocycles. The van der Waals surface area contributed by atoms with Gasteiger partial charge < -0.3 is 25.0 Å². The number of benzene rings is 2. The number of aliphatic carboxylic acids is 1. The van der Waals surface area contributed by atoms with Crippen molar-refractivity contribution in [2.45, 2.75) is 76.6 Å². The number of nitrogens with zero attached hydrogens (tertiary/aromatic N) is 3.